The van der Waals surface area contributed by atoms with Gasteiger partial charge in [0.1, 0.15) is 0 Å². The quantitative estimate of drug-likeness (QED) is 0.516. The second kappa shape index (κ2) is 10.7. The van der Waals surface area contributed by atoms with Crippen LogP contribution in [0.2, 0.25) is 0 Å². The van der Waals surface area contributed by atoms with Crippen molar-refractivity contribution in [1.82, 2.24) is 24.6 Å². The standard InChI is InChI=1S/C27H28F3N7O2/c1-18-22(16-34-37(18)24-5-2-19(14-33-24)27(28,29)30)25(38)35-20-3-4-23(32-15-20)26(17-31)8-6-21(7-9-26)36-10-12-39-13-11-36/h2-5,14-16,21H,6-13H2,1H3,(H,35,38)/t21-,26-. The third-order valence-corrected chi connectivity index (χ3v) is 7.64. The van der Waals surface area contributed by atoms with Crippen molar-refractivity contribution in [3.8, 4) is 11.9 Å². The maximum atomic E-state index is 12.9. The molecule has 0 atom stereocenters. The predicted octanol–water partition coefficient (Wildman–Crippen LogP) is 4.28. The van der Waals surface area contributed by atoms with Gasteiger partial charge in [-0.2, -0.15) is 23.5 Å². The molecule has 204 valence electrons. The molecule has 1 aliphatic carbocycles. The van der Waals surface area contributed by atoms with Gasteiger partial charge in [0, 0.05) is 25.3 Å². The van der Waals surface area contributed by atoms with Crippen LogP contribution >= 0.6 is 0 Å². The number of pyridine rings is 2. The highest BCUT2D eigenvalue weighted by Gasteiger charge is 2.40. The average molecular weight is 540 g/mol. The van der Waals surface area contributed by atoms with Crippen molar-refractivity contribution < 1.29 is 22.7 Å². The summed E-state index contributed by atoms with van der Waals surface area (Å²) in [6.45, 7) is 4.99. The summed E-state index contributed by atoms with van der Waals surface area (Å²) in [6.07, 6.45) is 2.40. The van der Waals surface area contributed by atoms with E-state index in [-0.39, 0.29) is 11.4 Å². The number of anilines is 1. The maximum Gasteiger partial charge on any atom is 0.417 e. The first-order chi connectivity index (χ1) is 18.7. The van der Waals surface area contributed by atoms with Gasteiger partial charge in [0.2, 0.25) is 0 Å². The third-order valence-electron chi connectivity index (χ3n) is 7.64. The van der Waals surface area contributed by atoms with Gasteiger partial charge >= 0.3 is 6.18 Å². The van der Waals surface area contributed by atoms with Crippen LogP contribution in [-0.4, -0.2) is 62.9 Å². The summed E-state index contributed by atoms with van der Waals surface area (Å²) in [5, 5.41) is 17.0. The fourth-order valence-electron chi connectivity index (χ4n) is 5.32. The second-order valence-corrected chi connectivity index (χ2v) is 9.92. The van der Waals surface area contributed by atoms with Gasteiger partial charge in [-0.05, 0) is 56.9 Å². The van der Waals surface area contributed by atoms with Crippen molar-refractivity contribution in [1.29, 1.82) is 5.26 Å². The number of nitrogens with zero attached hydrogens (tertiary/aromatic N) is 6. The van der Waals surface area contributed by atoms with Crippen LogP contribution in [0.25, 0.3) is 5.82 Å². The lowest BCUT2D eigenvalue weighted by Crippen LogP contribution is -2.47. The number of aromatic nitrogens is 4. The van der Waals surface area contributed by atoms with E-state index < -0.39 is 23.1 Å². The Balaban J connectivity index is 1.24. The highest BCUT2D eigenvalue weighted by atomic mass is 19.4. The molecule has 3 aromatic heterocycles. The van der Waals surface area contributed by atoms with Gasteiger partial charge < -0.3 is 10.1 Å². The molecule has 39 heavy (non-hydrogen) atoms. The minimum atomic E-state index is -4.49. The number of hydrogen-bond donors (Lipinski definition) is 1. The molecular formula is C27H28F3N7O2. The zero-order valence-corrected chi connectivity index (χ0v) is 21.4. The Hall–Kier alpha value is -3.82. The Morgan fingerprint density at radius 2 is 1.85 bits per heavy atom. The number of morpholine rings is 1. The minimum Gasteiger partial charge on any atom is -0.379 e. The summed E-state index contributed by atoms with van der Waals surface area (Å²) >= 11 is 0. The van der Waals surface area contributed by atoms with Crippen LogP contribution in [0.4, 0.5) is 18.9 Å². The number of carbonyl (C=O) groups excluding carboxylic acids is 1. The molecule has 12 heteroatoms. The van der Waals surface area contributed by atoms with Gasteiger partial charge in [-0.25, -0.2) is 9.67 Å². The third kappa shape index (κ3) is 5.51. The highest BCUT2D eigenvalue weighted by molar-refractivity contribution is 6.04. The molecule has 1 amide bonds. The Bertz CT molecular complexity index is 1350. The van der Waals surface area contributed by atoms with Gasteiger partial charge in [-0.3, -0.25) is 14.7 Å². The molecule has 0 spiro atoms. The van der Waals surface area contributed by atoms with Gasteiger partial charge in [0.15, 0.2) is 5.82 Å². The molecule has 0 aromatic carbocycles. The Morgan fingerprint density at radius 3 is 2.44 bits per heavy atom. The van der Waals surface area contributed by atoms with Gasteiger partial charge in [0.05, 0.1) is 65.3 Å². The topological polar surface area (TPSA) is 109 Å². The minimum absolute atomic E-state index is 0.163. The van der Waals surface area contributed by atoms with E-state index in [4.69, 9.17) is 4.74 Å². The fraction of sp³-hybridized carbons (Fsp3) is 0.444. The van der Waals surface area contributed by atoms with Crippen LogP contribution in [0.5, 0.6) is 0 Å². The molecule has 0 bridgehead atoms. The van der Waals surface area contributed by atoms with E-state index in [1.807, 2.05) is 0 Å². The molecule has 1 aliphatic heterocycles. The van der Waals surface area contributed by atoms with Gasteiger partial charge in [-0.15, -0.1) is 0 Å². The number of nitriles is 1. The molecule has 1 saturated carbocycles. The SMILES string of the molecule is Cc1c(C(=O)Nc2ccc([C@]3(C#N)CC[C@@H](N4CCOCC4)CC3)nc2)cnn1-c1ccc(C(F)(F)F)cn1. The number of rotatable bonds is 5. The predicted molar refractivity (Wildman–Crippen MR) is 135 cm³/mol. The zero-order chi connectivity index (χ0) is 27.6. The molecule has 3 aromatic rings. The van der Waals surface area contributed by atoms with E-state index in [9.17, 15) is 23.2 Å². The van der Waals surface area contributed by atoms with Crippen LogP contribution in [0, 0.1) is 18.3 Å². The molecule has 4 heterocycles. The summed E-state index contributed by atoms with van der Waals surface area (Å²) in [5.74, 6) is -0.281. The zero-order valence-electron chi connectivity index (χ0n) is 21.4. The van der Waals surface area contributed by atoms with Crippen molar-refractivity contribution >= 4 is 11.6 Å². The molecule has 2 aliphatic rings. The fourth-order valence-corrected chi connectivity index (χ4v) is 5.32. The van der Waals surface area contributed by atoms with Crippen LogP contribution < -0.4 is 5.32 Å². The van der Waals surface area contributed by atoms with Crippen LogP contribution in [0.15, 0.2) is 42.9 Å². The Morgan fingerprint density at radius 1 is 1.10 bits per heavy atom. The van der Waals surface area contributed by atoms with Gasteiger partial charge in [0.25, 0.3) is 5.91 Å². The first kappa shape index (κ1) is 26.8. The first-order valence-corrected chi connectivity index (χ1v) is 12.8. The first-order valence-electron chi connectivity index (χ1n) is 12.8. The lowest BCUT2D eigenvalue weighted by atomic mass is 9.71. The average Bonchev–Trinajstić information content (AvgIpc) is 3.35. The van der Waals surface area contributed by atoms with Crippen LogP contribution in [0.3, 0.4) is 0 Å². The smallest absolute Gasteiger partial charge is 0.379 e. The number of alkyl halides is 3. The molecule has 9 nitrogen and oxygen atoms in total. The number of hydrogen-bond acceptors (Lipinski definition) is 7. The molecule has 1 saturated heterocycles. The summed E-state index contributed by atoms with van der Waals surface area (Å²) in [7, 11) is 0. The lowest BCUT2D eigenvalue weighted by Gasteiger charge is -2.41. The van der Waals surface area contributed by atoms with Crippen LogP contribution in [-0.2, 0) is 16.3 Å². The van der Waals surface area contributed by atoms with Crippen molar-refractivity contribution in [2.24, 2.45) is 0 Å². The highest BCUT2D eigenvalue weighted by Crippen LogP contribution is 2.40. The van der Waals surface area contributed by atoms with E-state index in [0.717, 1.165) is 64.2 Å². The van der Waals surface area contributed by atoms with E-state index in [1.165, 1.54) is 23.1 Å². The van der Waals surface area contributed by atoms with Crippen molar-refractivity contribution in [2.75, 3.05) is 31.6 Å². The van der Waals surface area contributed by atoms with E-state index >= 15 is 0 Å². The molecule has 0 radical (unpaired) electrons. The largest absolute Gasteiger partial charge is 0.417 e. The number of amides is 1. The number of carbonyl (C=O) groups is 1. The Kier molecular flexibility index (Phi) is 7.38. The molecule has 0 unspecified atom stereocenters. The number of nitrogens with one attached hydrogen (secondary N) is 1. The van der Waals surface area contributed by atoms with Crippen LogP contribution in [0.1, 0.15) is 53.0 Å². The molecule has 1 N–H and O–H groups in total. The van der Waals surface area contributed by atoms with Crippen molar-refractivity contribution in [2.45, 2.75) is 50.2 Å². The Labute approximate surface area is 223 Å². The van der Waals surface area contributed by atoms with E-state index in [1.54, 1.807) is 19.1 Å². The normalized spacial score (nSPS) is 22.3. The summed E-state index contributed by atoms with van der Waals surface area (Å²) in [6, 6.07) is 8.59. The van der Waals surface area contributed by atoms with Gasteiger partial charge in [-0.1, -0.05) is 0 Å². The monoisotopic (exact) mass is 539 g/mol. The summed E-state index contributed by atoms with van der Waals surface area (Å²) < 4.78 is 45.3. The molecular weight excluding hydrogens is 511 g/mol. The van der Waals surface area contributed by atoms with Crippen molar-refractivity contribution in [3.63, 3.8) is 0 Å². The number of ether oxygens (including phenoxy) is 1. The molecule has 2 fully saturated rings. The van der Waals surface area contributed by atoms with Crippen molar-refractivity contribution in [3.05, 3.63) is 65.4 Å². The second-order valence-electron chi connectivity index (χ2n) is 9.92. The van der Waals surface area contributed by atoms with E-state index in [0.29, 0.717) is 23.1 Å². The molecule has 5 rings (SSSR count). The van der Waals surface area contributed by atoms with E-state index in [2.05, 4.69) is 31.4 Å². The number of halogens is 3. The summed E-state index contributed by atoms with van der Waals surface area (Å²) in [4.78, 5) is 23.8. The lowest BCUT2D eigenvalue weighted by molar-refractivity contribution is -0.137. The maximum absolute atomic E-state index is 12.9. The summed E-state index contributed by atoms with van der Waals surface area (Å²) in [5.41, 5.74) is 0.297.